The minimum Gasteiger partial charge on any atom is -0.508 e. The minimum absolute atomic E-state index is 0.0692. The molecule has 0 fully saturated rings. The number of anilines is 1. The predicted molar refractivity (Wildman–Crippen MR) is 118 cm³/mol. The molecule has 0 saturated heterocycles. The van der Waals surface area contributed by atoms with E-state index < -0.39 is 17.2 Å². The van der Waals surface area contributed by atoms with Crippen molar-refractivity contribution in [2.24, 2.45) is 7.05 Å². The molecule has 0 radical (unpaired) electrons. The summed E-state index contributed by atoms with van der Waals surface area (Å²) >= 11 is 7.70. The number of halogens is 1. The van der Waals surface area contributed by atoms with Gasteiger partial charge in [-0.3, -0.25) is 18.7 Å². The molecular formula is C21H16ClN3O4S. The second kappa shape index (κ2) is 9.31. The second-order valence-electron chi connectivity index (χ2n) is 6.09. The first kappa shape index (κ1) is 21.2. The van der Waals surface area contributed by atoms with E-state index in [1.165, 1.54) is 36.6 Å². The number of amides is 1. The monoisotopic (exact) mass is 441 g/mol. The van der Waals surface area contributed by atoms with E-state index in [1.54, 1.807) is 18.2 Å². The number of thiophene rings is 1. The van der Waals surface area contributed by atoms with Gasteiger partial charge in [0.15, 0.2) is 0 Å². The molecule has 1 aromatic carbocycles. The lowest BCUT2D eigenvalue weighted by molar-refractivity contribution is -0.111. The Morgan fingerprint density at radius 2 is 2.10 bits per heavy atom. The molecule has 3 aromatic rings. The highest BCUT2D eigenvalue weighted by Crippen LogP contribution is 2.16. The number of carbonyl (C=O) groups excluding carboxylic acids is 1. The minimum atomic E-state index is -0.722. The molecule has 0 unspecified atom stereocenters. The lowest BCUT2D eigenvalue weighted by atomic mass is 10.2. The number of nitrogens with zero attached hydrogens (tertiary/aromatic N) is 2. The average Bonchev–Trinajstić information content (AvgIpc) is 3.24. The van der Waals surface area contributed by atoms with Crippen molar-refractivity contribution in [2.75, 3.05) is 5.32 Å². The molecule has 2 N–H and O–H groups in total. The normalized spacial score (nSPS) is 10.6. The summed E-state index contributed by atoms with van der Waals surface area (Å²) in [6.07, 6.45) is 2.88. The molecular weight excluding hydrogens is 426 g/mol. The lowest BCUT2D eigenvalue weighted by Crippen LogP contribution is -2.40. The number of phenolic OH excluding ortho intramolecular Hbond substituents is 1. The fourth-order valence-electron chi connectivity index (χ4n) is 2.50. The maximum Gasteiger partial charge on any atom is 0.332 e. The highest BCUT2D eigenvalue weighted by Gasteiger charge is 2.17. The van der Waals surface area contributed by atoms with Crippen molar-refractivity contribution in [3.05, 3.63) is 84.3 Å². The molecule has 3 rings (SSSR count). The summed E-state index contributed by atoms with van der Waals surface area (Å²) in [6.45, 7) is -0.116. The molecule has 152 valence electrons. The Hall–Kier alpha value is -3.54. The standard InChI is InChI=1S/C21H16ClN3O4S/c1-24-20(28)18(23-17(27)10-9-16-8-4-12-30-16)19(22)25(21(24)29)11-3-6-14-5-2-7-15(26)13-14/h2,4-5,7-10,12-13,26H,11H2,1H3,(H,23,27)/b10-9+. The summed E-state index contributed by atoms with van der Waals surface area (Å²) in [5.74, 6) is 5.09. The maximum absolute atomic E-state index is 12.4. The fraction of sp³-hybridized carbons (Fsp3) is 0.0952. The van der Waals surface area contributed by atoms with E-state index in [0.29, 0.717) is 5.56 Å². The van der Waals surface area contributed by atoms with E-state index in [0.717, 1.165) is 14.0 Å². The van der Waals surface area contributed by atoms with Crippen molar-refractivity contribution in [1.82, 2.24) is 9.13 Å². The Balaban J connectivity index is 1.88. The maximum atomic E-state index is 12.4. The average molecular weight is 442 g/mol. The van der Waals surface area contributed by atoms with Crippen LogP contribution < -0.4 is 16.6 Å². The molecule has 7 nitrogen and oxygen atoms in total. The first-order chi connectivity index (χ1) is 14.4. The molecule has 0 saturated carbocycles. The van der Waals surface area contributed by atoms with Gasteiger partial charge in [0.05, 0.1) is 6.54 Å². The van der Waals surface area contributed by atoms with Gasteiger partial charge in [-0.2, -0.15) is 0 Å². The van der Waals surface area contributed by atoms with Gasteiger partial charge in [0.2, 0.25) is 5.91 Å². The molecule has 9 heteroatoms. The first-order valence-corrected chi connectivity index (χ1v) is 9.92. The molecule has 1 amide bonds. The summed E-state index contributed by atoms with van der Waals surface area (Å²) < 4.78 is 1.93. The van der Waals surface area contributed by atoms with Crippen LogP contribution in [0.5, 0.6) is 5.75 Å². The van der Waals surface area contributed by atoms with Crippen LogP contribution in [0.25, 0.3) is 6.08 Å². The van der Waals surface area contributed by atoms with E-state index in [9.17, 15) is 19.5 Å². The first-order valence-electron chi connectivity index (χ1n) is 8.66. The van der Waals surface area contributed by atoms with Gasteiger partial charge in [-0.25, -0.2) is 4.79 Å². The predicted octanol–water partition coefficient (Wildman–Crippen LogP) is 2.67. The van der Waals surface area contributed by atoms with Crippen LogP contribution in [0.2, 0.25) is 5.15 Å². The molecule has 0 bridgehead atoms. The lowest BCUT2D eigenvalue weighted by Gasteiger charge is -2.12. The van der Waals surface area contributed by atoms with Crippen LogP contribution in [0.3, 0.4) is 0 Å². The van der Waals surface area contributed by atoms with Crippen LogP contribution >= 0.6 is 22.9 Å². The van der Waals surface area contributed by atoms with E-state index >= 15 is 0 Å². The zero-order valence-corrected chi connectivity index (χ0v) is 17.3. The number of rotatable bonds is 4. The Labute approximate surface area is 180 Å². The van der Waals surface area contributed by atoms with Gasteiger partial charge < -0.3 is 10.4 Å². The van der Waals surface area contributed by atoms with Crippen LogP contribution in [0.1, 0.15) is 10.4 Å². The Bertz CT molecular complexity index is 1290. The highest BCUT2D eigenvalue weighted by molar-refractivity contribution is 7.10. The zero-order valence-electron chi connectivity index (χ0n) is 15.8. The largest absolute Gasteiger partial charge is 0.508 e. The van der Waals surface area contributed by atoms with E-state index in [2.05, 4.69) is 17.2 Å². The van der Waals surface area contributed by atoms with Crippen LogP contribution in [0.15, 0.2) is 57.4 Å². The summed E-state index contributed by atoms with van der Waals surface area (Å²) in [4.78, 5) is 37.9. The van der Waals surface area contributed by atoms with Gasteiger partial charge in [-0.15, -0.1) is 11.3 Å². The van der Waals surface area contributed by atoms with E-state index in [-0.39, 0.29) is 23.1 Å². The third kappa shape index (κ3) is 4.89. The molecule has 0 atom stereocenters. The number of hydrogen-bond acceptors (Lipinski definition) is 5. The van der Waals surface area contributed by atoms with Crippen LogP contribution in [-0.4, -0.2) is 20.1 Å². The molecule has 30 heavy (non-hydrogen) atoms. The van der Waals surface area contributed by atoms with Crippen molar-refractivity contribution in [3.8, 4) is 17.6 Å². The quantitative estimate of drug-likeness (QED) is 0.370. The number of aromatic nitrogens is 2. The molecule has 2 aromatic heterocycles. The zero-order chi connectivity index (χ0) is 21.7. The van der Waals surface area contributed by atoms with Gasteiger partial charge in [0, 0.05) is 23.6 Å². The van der Waals surface area contributed by atoms with Crippen molar-refractivity contribution < 1.29 is 9.90 Å². The Morgan fingerprint density at radius 3 is 2.80 bits per heavy atom. The smallest absolute Gasteiger partial charge is 0.332 e. The molecule has 0 aliphatic heterocycles. The number of carbonyl (C=O) groups is 1. The Morgan fingerprint density at radius 1 is 1.30 bits per heavy atom. The van der Waals surface area contributed by atoms with Crippen molar-refractivity contribution in [2.45, 2.75) is 6.54 Å². The molecule has 0 spiro atoms. The van der Waals surface area contributed by atoms with Gasteiger partial charge >= 0.3 is 5.69 Å². The molecule has 0 aliphatic rings. The van der Waals surface area contributed by atoms with Crippen LogP contribution in [0.4, 0.5) is 5.69 Å². The molecule has 2 heterocycles. The fourth-order valence-corrected chi connectivity index (χ4v) is 3.38. The molecule has 0 aliphatic carbocycles. The van der Waals surface area contributed by atoms with Gasteiger partial charge in [-0.1, -0.05) is 35.6 Å². The summed E-state index contributed by atoms with van der Waals surface area (Å²) in [6, 6.07) is 10.0. The van der Waals surface area contributed by atoms with Crippen LogP contribution in [-0.2, 0) is 18.4 Å². The van der Waals surface area contributed by atoms with Crippen molar-refractivity contribution in [3.63, 3.8) is 0 Å². The van der Waals surface area contributed by atoms with Crippen molar-refractivity contribution >= 4 is 40.6 Å². The topological polar surface area (TPSA) is 93.3 Å². The van der Waals surface area contributed by atoms with E-state index in [4.69, 9.17) is 11.6 Å². The van der Waals surface area contributed by atoms with Gasteiger partial charge in [0.25, 0.3) is 5.56 Å². The third-order valence-corrected chi connectivity index (χ3v) is 5.22. The van der Waals surface area contributed by atoms with Gasteiger partial charge in [-0.05, 0) is 35.7 Å². The summed E-state index contributed by atoms with van der Waals surface area (Å²) in [7, 11) is 1.29. The number of benzene rings is 1. The number of aromatic hydroxyl groups is 1. The summed E-state index contributed by atoms with van der Waals surface area (Å²) in [5.41, 5.74) is -1.04. The van der Waals surface area contributed by atoms with Crippen LogP contribution in [0, 0.1) is 11.8 Å². The number of phenols is 1. The summed E-state index contributed by atoms with van der Waals surface area (Å²) in [5, 5.41) is 13.6. The SMILES string of the molecule is Cn1c(=O)c(NC(=O)/C=C/c2cccs2)c(Cl)n(CC#Cc2cccc(O)c2)c1=O. The number of nitrogens with one attached hydrogen (secondary N) is 1. The highest BCUT2D eigenvalue weighted by atomic mass is 35.5. The van der Waals surface area contributed by atoms with Gasteiger partial charge in [0.1, 0.15) is 16.6 Å². The second-order valence-corrected chi connectivity index (χ2v) is 7.43. The third-order valence-electron chi connectivity index (χ3n) is 3.99. The van der Waals surface area contributed by atoms with E-state index in [1.807, 2.05) is 17.5 Å². The van der Waals surface area contributed by atoms with Crippen molar-refractivity contribution in [1.29, 1.82) is 0 Å². The Kier molecular flexibility index (Phi) is 6.57. The number of hydrogen-bond donors (Lipinski definition) is 2.